The fourth-order valence-corrected chi connectivity index (χ4v) is 5.41. The van der Waals surface area contributed by atoms with Gasteiger partial charge in [-0.15, -0.1) is 4.98 Å². The summed E-state index contributed by atoms with van der Waals surface area (Å²) in [4.78, 5) is 16.2. The molecule has 0 radical (unpaired) electrons. The first kappa shape index (κ1) is 70.3. The second-order valence-electron chi connectivity index (χ2n) is 16.0. The van der Waals surface area contributed by atoms with Gasteiger partial charge in [-0.05, 0) is 0 Å². The van der Waals surface area contributed by atoms with E-state index in [4.69, 9.17) is 0 Å². The van der Waals surface area contributed by atoms with Gasteiger partial charge in [0.1, 0.15) is 0 Å². The Bertz CT molecular complexity index is 2320. The molecule has 0 amide bonds. The summed E-state index contributed by atoms with van der Waals surface area (Å²) in [6, 6.07) is -1.45. The van der Waals surface area contributed by atoms with E-state index in [0.29, 0.717) is 24.3 Å². The molecule has 0 aliphatic carbocycles. The first-order valence-corrected chi connectivity index (χ1v) is 20.3. The van der Waals surface area contributed by atoms with Gasteiger partial charge in [0.15, 0.2) is 11.6 Å². The molecule has 470 valence electrons. The van der Waals surface area contributed by atoms with Gasteiger partial charge >= 0.3 is 108 Å². The molecular weight excluding hydrogens is 1260 g/mol. The van der Waals surface area contributed by atoms with Crippen molar-refractivity contribution < 1.29 is 177 Å². The summed E-state index contributed by atoms with van der Waals surface area (Å²) in [6.45, 7) is -8.74. The van der Waals surface area contributed by atoms with Crippen LogP contribution in [0.2, 0.25) is 0 Å². The summed E-state index contributed by atoms with van der Waals surface area (Å²) in [6.07, 6.45) is -40.9. The monoisotopic (exact) mass is 1280 g/mol. The smallest absolute Gasteiger partial charge is 0.460 e. The molecule has 3 aromatic rings. The highest BCUT2D eigenvalue weighted by molar-refractivity contribution is 5.64. The van der Waals surface area contributed by atoms with E-state index in [-0.39, 0.29) is 6.07 Å². The topological polar surface area (TPSA) is 101 Å². The first-order valence-electron chi connectivity index (χ1n) is 20.3. The van der Waals surface area contributed by atoms with Crippen LogP contribution in [0.25, 0.3) is 22.8 Å². The Kier molecular flexibility index (Phi) is 19.0. The van der Waals surface area contributed by atoms with Crippen molar-refractivity contribution in [1.82, 2.24) is 24.9 Å². The number of rotatable bonds is 26. The summed E-state index contributed by atoms with van der Waals surface area (Å²) < 4.78 is 499. The van der Waals surface area contributed by atoms with Gasteiger partial charge in [-0.25, -0.2) is 0 Å². The summed E-state index contributed by atoms with van der Waals surface area (Å²) in [7, 11) is 0. The largest absolute Gasteiger partial charge is 0.477 e. The van der Waals surface area contributed by atoms with Crippen LogP contribution in [-0.4, -0.2) is 147 Å². The molecule has 82 heavy (non-hydrogen) atoms. The minimum absolute atomic E-state index is 0.00925. The van der Waals surface area contributed by atoms with Crippen molar-refractivity contribution in [3.05, 3.63) is 30.3 Å². The van der Waals surface area contributed by atoms with Crippen molar-refractivity contribution in [2.24, 2.45) is 0 Å². The number of hydrogen-bond acceptors (Lipinski definition) is 9. The Hall–Kier alpha value is -6.01. The Labute approximate surface area is 427 Å². The number of aromatic nitrogens is 5. The minimum Gasteiger partial charge on any atom is -0.477 e. The van der Waals surface area contributed by atoms with Gasteiger partial charge in [0, 0.05) is 11.1 Å². The number of halogens is 36. The second kappa shape index (κ2) is 22.2. The van der Waals surface area contributed by atoms with E-state index in [1.165, 1.54) is 0 Å². The van der Waals surface area contributed by atoms with Gasteiger partial charge in [0.05, 0.1) is 58.2 Å². The van der Waals surface area contributed by atoms with Gasteiger partial charge in [-0.1, -0.05) is 24.3 Å². The van der Waals surface area contributed by atoms with Gasteiger partial charge < -0.3 is 18.9 Å². The average molecular weight is 1280 g/mol. The predicted octanol–water partition coefficient (Wildman–Crippen LogP) is 14.9. The van der Waals surface area contributed by atoms with Crippen molar-refractivity contribution in [3.8, 4) is 46.6 Å². The van der Waals surface area contributed by atoms with Crippen LogP contribution in [0.1, 0.15) is 25.7 Å². The molecule has 0 aliphatic rings. The Morgan fingerprint density at radius 2 is 0.463 bits per heavy atom. The Morgan fingerprint density at radius 1 is 0.256 bits per heavy atom. The van der Waals surface area contributed by atoms with E-state index in [1.807, 2.05) is 0 Å². The normalized spacial score (nSPS) is 15.0. The summed E-state index contributed by atoms with van der Waals surface area (Å²) in [5.41, 5.74) is -1.55. The predicted molar refractivity (Wildman–Crippen MR) is 190 cm³/mol. The third kappa shape index (κ3) is 13.3. The highest BCUT2D eigenvalue weighted by Crippen LogP contribution is 2.58. The molecule has 2 aromatic heterocycles. The Balaban J connectivity index is 2.13. The van der Waals surface area contributed by atoms with Gasteiger partial charge in [0.25, 0.3) is 0 Å². The van der Waals surface area contributed by atoms with E-state index < -0.39 is 194 Å². The van der Waals surface area contributed by atoms with Gasteiger partial charge in [-0.3, -0.25) is 0 Å². The third-order valence-electron chi connectivity index (χ3n) is 10.1. The average Bonchev–Trinajstić information content (AvgIpc) is 3.29. The van der Waals surface area contributed by atoms with E-state index in [2.05, 4.69) is 43.9 Å². The van der Waals surface area contributed by atoms with Crippen molar-refractivity contribution in [1.29, 1.82) is 0 Å². The summed E-state index contributed by atoms with van der Waals surface area (Å²) >= 11 is 0. The lowest BCUT2D eigenvalue weighted by Crippen LogP contribution is -2.61. The number of nitrogens with zero attached hydrogens (tertiary/aromatic N) is 5. The van der Waals surface area contributed by atoms with E-state index in [9.17, 15) is 158 Å². The van der Waals surface area contributed by atoms with Crippen LogP contribution in [0.5, 0.6) is 23.8 Å². The van der Waals surface area contributed by atoms with Crippen molar-refractivity contribution >= 4 is 0 Å². The maximum absolute atomic E-state index is 14.2. The zero-order valence-corrected chi connectivity index (χ0v) is 38.0. The van der Waals surface area contributed by atoms with E-state index in [1.54, 1.807) is 0 Å². The fourth-order valence-electron chi connectivity index (χ4n) is 5.41. The lowest BCUT2D eigenvalue weighted by molar-refractivity contribution is -0.397. The van der Waals surface area contributed by atoms with Crippen molar-refractivity contribution in [3.63, 3.8) is 0 Å². The van der Waals surface area contributed by atoms with Crippen molar-refractivity contribution in [2.75, 3.05) is 26.4 Å². The first-order chi connectivity index (χ1) is 36.2. The zero-order valence-electron chi connectivity index (χ0n) is 38.0. The van der Waals surface area contributed by atoms with Crippen LogP contribution >= 0.6 is 0 Å². The number of hydrogen-bond donors (Lipinski definition) is 0. The molecule has 0 spiro atoms. The third-order valence-corrected chi connectivity index (χ3v) is 10.1. The molecule has 0 bridgehead atoms. The molecule has 0 saturated carbocycles. The second-order valence-corrected chi connectivity index (χ2v) is 16.0. The number of alkyl halides is 36. The molecular formula is C37H21F36N5O4. The van der Waals surface area contributed by atoms with Gasteiger partial charge in [-0.2, -0.15) is 178 Å². The molecule has 0 aliphatic heterocycles. The van der Waals surface area contributed by atoms with Crippen LogP contribution in [-0.2, 0) is 0 Å². The summed E-state index contributed by atoms with van der Waals surface area (Å²) in [5.74, 6) is -90.2. The summed E-state index contributed by atoms with van der Waals surface area (Å²) in [5, 5.41) is 0. The van der Waals surface area contributed by atoms with Crippen molar-refractivity contribution in [2.45, 2.75) is 121 Å². The van der Waals surface area contributed by atoms with Crippen LogP contribution < -0.4 is 18.9 Å². The van der Waals surface area contributed by atoms with Crippen LogP contribution in [0, 0.1) is 0 Å². The highest BCUT2D eigenvalue weighted by Gasteiger charge is 2.84. The molecule has 0 fully saturated rings. The van der Waals surface area contributed by atoms with Crippen LogP contribution in [0.15, 0.2) is 30.3 Å². The molecule has 0 N–H and O–H groups in total. The molecule has 1 aromatic carbocycles. The molecule has 0 unspecified atom stereocenters. The van der Waals surface area contributed by atoms with Gasteiger partial charge in [0.2, 0.25) is 11.8 Å². The molecule has 0 atom stereocenters. The SMILES string of the molecule is FC(F)(F)C(F)(F)C(F)(F)C(F)(F)CCOc1cc(OCCC(F)(F)C(F)(F)C(F)(F)C(F)(F)F)nc(-c2ccc(-c3nc(OCCC(F)(F)C(F)(F)C(F)(F)C(F)(F)F)nc(OCCC(F)(F)C(F)(F)C(F)(F)C(F)(F)F)n3)cc2)n1. The zero-order chi connectivity index (χ0) is 64.2. The molecule has 9 nitrogen and oxygen atoms in total. The standard InChI is InChI=1S/C37H21F36N5O4/c38-22(39,26(46,47)30(54,55)34(62,63)64)5-9-79-16-13-17(80-10-6-23(40,41)27(48,49)31(56,57)35(65,66)67)75-18(74-16)14-1-3-15(4-2-14)19-76-20(81-11-7-24(42,43)28(50,51)32(58,59)36(68,69)70)78-21(77-19)82-12-8-25(44,45)29(52,53)33(60,61)37(71,72)73/h1-4,13H,5-12H2. The lowest BCUT2D eigenvalue weighted by atomic mass is 10.0. The fraction of sp³-hybridized carbons (Fsp3) is 0.649. The molecule has 45 heteroatoms. The van der Waals surface area contributed by atoms with Crippen LogP contribution in [0.3, 0.4) is 0 Å². The van der Waals surface area contributed by atoms with E-state index in [0.717, 1.165) is 0 Å². The van der Waals surface area contributed by atoms with Crippen LogP contribution in [0.4, 0.5) is 158 Å². The maximum Gasteiger partial charge on any atom is 0.460 e. The highest BCUT2D eigenvalue weighted by atomic mass is 19.5. The molecule has 0 saturated heterocycles. The minimum atomic E-state index is -7.49. The number of ether oxygens (including phenoxy) is 4. The lowest BCUT2D eigenvalue weighted by Gasteiger charge is -2.33. The maximum atomic E-state index is 14.2. The molecule has 3 rings (SSSR count). The molecule has 2 heterocycles. The quantitative estimate of drug-likeness (QED) is 0.0727. The Morgan fingerprint density at radius 3 is 0.683 bits per heavy atom. The number of benzene rings is 1. The van der Waals surface area contributed by atoms with E-state index >= 15 is 0 Å².